The smallest absolute Gasteiger partial charge is 0.228 e. The molecule has 1 aliphatic heterocycles. The van der Waals surface area contributed by atoms with Crippen molar-refractivity contribution in [2.75, 3.05) is 0 Å². The molecule has 4 heteroatoms. The predicted octanol–water partition coefficient (Wildman–Crippen LogP) is 4.79. The third-order valence-corrected chi connectivity index (χ3v) is 4.14. The van der Waals surface area contributed by atoms with E-state index < -0.39 is 6.29 Å². The maximum atomic E-state index is 10.3. The second-order valence-corrected chi connectivity index (χ2v) is 6.43. The summed E-state index contributed by atoms with van der Waals surface area (Å²) in [6, 6.07) is 1.98. The molecule has 0 spiro atoms. The molecule has 0 bridgehead atoms. The molecule has 1 aliphatic rings. The van der Waals surface area contributed by atoms with E-state index in [-0.39, 0.29) is 23.0 Å². The largest absolute Gasteiger partial charge is 0.504 e. The number of aryl methyl sites for hydroxylation is 1. The van der Waals surface area contributed by atoms with Crippen molar-refractivity contribution in [1.29, 1.82) is 0 Å². The van der Waals surface area contributed by atoms with Gasteiger partial charge in [0.2, 0.25) is 6.29 Å². The van der Waals surface area contributed by atoms with Crippen LogP contribution in [-0.4, -0.2) is 15.3 Å². The molecule has 2 aromatic carbocycles. The lowest BCUT2D eigenvalue weighted by Crippen LogP contribution is -2.00. The SMILES string of the molecule is CCC.Cc1cc2c(C(C)C)c(O)c(O)c3c2c(c1C)OC3O. The van der Waals surface area contributed by atoms with Crippen LogP contribution in [0, 0.1) is 13.8 Å². The van der Waals surface area contributed by atoms with Gasteiger partial charge < -0.3 is 20.1 Å². The second kappa shape index (κ2) is 6.28. The molecule has 126 valence electrons. The van der Waals surface area contributed by atoms with Gasteiger partial charge in [0.05, 0.1) is 5.56 Å². The first-order valence-corrected chi connectivity index (χ1v) is 8.12. The first-order chi connectivity index (χ1) is 10.8. The van der Waals surface area contributed by atoms with E-state index in [1.807, 2.05) is 33.8 Å². The van der Waals surface area contributed by atoms with E-state index in [4.69, 9.17) is 4.74 Å². The van der Waals surface area contributed by atoms with E-state index in [2.05, 4.69) is 13.8 Å². The number of benzene rings is 2. The van der Waals surface area contributed by atoms with Gasteiger partial charge >= 0.3 is 0 Å². The number of aliphatic hydroxyl groups excluding tert-OH is 1. The molecule has 3 rings (SSSR count). The van der Waals surface area contributed by atoms with E-state index in [1.54, 1.807) is 0 Å². The van der Waals surface area contributed by atoms with Crippen LogP contribution in [0.1, 0.15) is 68.6 Å². The molecule has 23 heavy (non-hydrogen) atoms. The van der Waals surface area contributed by atoms with Crippen LogP contribution in [0.15, 0.2) is 6.07 Å². The summed E-state index contributed by atoms with van der Waals surface area (Å²) in [6.45, 7) is 12.0. The lowest BCUT2D eigenvalue weighted by atomic mass is 9.89. The summed E-state index contributed by atoms with van der Waals surface area (Å²) in [6.07, 6.45) is 0.0140. The molecule has 0 amide bonds. The summed E-state index contributed by atoms with van der Waals surface area (Å²) in [7, 11) is 0. The Hall–Kier alpha value is -1.94. The molecule has 0 aliphatic carbocycles. The highest BCUT2D eigenvalue weighted by atomic mass is 16.6. The van der Waals surface area contributed by atoms with Crippen LogP contribution in [0.5, 0.6) is 17.2 Å². The summed E-state index contributed by atoms with van der Waals surface area (Å²) in [5.41, 5.74) is 2.91. The second-order valence-electron chi connectivity index (χ2n) is 6.43. The van der Waals surface area contributed by atoms with Gasteiger partial charge in [-0.2, -0.15) is 0 Å². The first kappa shape index (κ1) is 17.4. The third kappa shape index (κ3) is 2.61. The van der Waals surface area contributed by atoms with Crippen molar-refractivity contribution in [2.45, 2.75) is 60.2 Å². The van der Waals surface area contributed by atoms with Crippen LogP contribution in [0.25, 0.3) is 10.8 Å². The van der Waals surface area contributed by atoms with Crippen molar-refractivity contribution >= 4 is 10.8 Å². The fraction of sp³-hybridized carbons (Fsp3) is 0.474. The molecule has 0 saturated heterocycles. The van der Waals surface area contributed by atoms with Crippen molar-refractivity contribution in [3.8, 4) is 17.2 Å². The molecule has 4 nitrogen and oxygen atoms in total. The van der Waals surface area contributed by atoms with Crippen LogP contribution < -0.4 is 4.74 Å². The summed E-state index contributed by atoms with van der Waals surface area (Å²) in [4.78, 5) is 0. The zero-order chi connectivity index (χ0) is 17.5. The van der Waals surface area contributed by atoms with E-state index in [0.29, 0.717) is 16.7 Å². The topological polar surface area (TPSA) is 69.9 Å². The Morgan fingerprint density at radius 3 is 2.22 bits per heavy atom. The average molecular weight is 318 g/mol. The maximum Gasteiger partial charge on any atom is 0.228 e. The Kier molecular flexibility index (Phi) is 4.76. The number of phenols is 2. The minimum Gasteiger partial charge on any atom is -0.504 e. The van der Waals surface area contributed by atoms with E-state index in [9.17, 15) is 15.3 Å². The van der Waals surface area contributed by atoms with Gasteiger partial charge in [-0.25, -0.2) is 0 Å². The average Bonchev–Trinajstić information content (AvgIpc) is 2.81. The summed E-state index contributed by atoms with van der Waals surface area (Å²) in [5, 5.41) is 32.0. The van der Waals surface area contributed by atoms with Gasteiger partial charge in [0.1, 0.15) is 5.75 Å². The summed E-state index contributed by atoms with van der Waals surface area (Å²) < 4.78 is 5.49. The molecule has 0 saturated carbocycles. The molecular formula is C19H26O4. The van der Waals surface area contributed by atoms with Crippen molar-refractivity contribution in [3.63, 3.8) is 0 Å². The number of ether oxygens (including phenoxy) is 1. The third-order valence-electron chi connectivity index (χ3n) is 4.14. The highest BCUT2D eigenvalue weighted by Gasteiger charge is 2.34. The highest BCUT2D eigenvalue weighted by Crippen LogP contribution is 2.53. The molecule has 0 radical (unpaired) electrons. The van der Waals surface area contributed by atoms with Crippen molar-refractivity contribution in [2.24, 2.45) is 0 Å². The van der Waals surface area contributed by atoms with Crippen LogP contribution in [0.3, 0.4) is 0 Å². The molecule has 1 heterocycles. The molecule has 3 N–H and O–H groups in total. The van der Waals surface area contributed by atoms with E-state index in [0.717, 1.165) is 16.5 Å². The molecule has 0 aromatic heterocycles. The minimum absolute atomic E-state index is 0.0441. The van der Waals surface area contributed by atoms with Crippen molar-refractivity contribution in [1.82, 2.24) is 0 Å². The molecule has 1 atom stereocenters. The first-order valence-electron chi connectivity index (χ1n) is 8.12. The fourth-order valence-electron chi connectivity index (χ4n) is 3.01. The zero-order valence-corrected chi connectivity index (χ0v) is 14.7. The van der Waals surface area contributed by atoms with Gasteiger partial charge in [0.25, 0.3) is 0 Å². The van der Waals surface area contributed by atoms with E-state index >= 15 is 0 Å². The lowest BCUT2D eigenvalue weighted by Gasteiger charge is -2.16. The van der Waals surface area contributed by atoms with Gasteiger partial charge in [-0.15, -0.1) is 0 Å². The van der Waals surface area contributed by atoms with Gasteiger partial charge in [-0.3, -0.25) is 0 Å². The fourth-order valence-corrected chi connectivity index (χ4v) is 3.01. The van der Waals surface area contributed by atoms with Gasteiger partial charge in [0.15, 0.2) is 11.5 Å². The maximum absolute atomic E-state index is 10.3. The summed E-state index contributed by atoms with van der Waals surface area (Å²) >= 11 is 0. The Labute approximate surface area is 137 Å². The number of hydrogen-bond acceptors (Lipinski definition) is 4. The van der Waals surface area contributed by atoms with Crippen LogP contribution >= 0.6 is 0 Å². The van der Waals surface area contributed by atoms with Gasteiger partial charge in [-0.1, -0.05) is 40.2 Å². The summed E-state index contributed by atoms with van der Waals surface area (Å²) in [5.74, 6) is 0.194. The quantitative estimate of drug-likeness (QED) is 0.661. The van der Waals surface area contributed by atoms with Gasteiger partial charge in [-0.05, 0) is 36.3 Å². The van der Waals surface area contributed by atoms with E-state index in [1.165, 1.54) is 6.42 Å². The van der Waals surface area contributed by atoms with Crippen LogP contribution in [0.4, 0.5) is 0 Å². The van der Waals surface area contributed by atoms with Crippen molar-refractivity contribution in [3.05, 3.63) is 28.3 Å². The number of aliphatic hydroxyl groups is 1. The number of rotatable bonds is 1. The molecule has 2 aromatic rings. The number of phenolic OH excluding ortho intramolecular Hbond substituents is 2. The number of hydrogen-bond donors (Lipinski definition) is 3. The molecule has 1 unspecified atom stereocenters. The standard InChI is InChI=1S/C16H18O4.C3H8/c1-6(2)10-9-5-7(3)8(4)15-11(9)12(16(19)20-15)14(18)13(10)17;1-3-2/h5-6,16-19H,1-4H3;3H2,1-2H3. The number of aromatic hydroxyl groups is 2. The Balaban J connectivity index is 0.000000595. The van der Waals surface area contributed by atoms with Crippen LogP contribution in [0.2, 0.25) is 0 Å². The Bertz CT molecular complexity index is 744. The normalized spacial score (nSPS) is 15.6. The van der Waals surface area contributed by atoms with Crippen LogP contribution in [-0.2, 0) is 0 Å². The monoisotopic (exact) mass is 318 g/mol. The Morgan fingerprint density at radius 2 is 1.70 bits per heavy atom. The minimum atomic E-state index is -1.24. The van der Waals surface area contributed by atoms with Gasteiger partial charge in [0, 0.05) is 10.9 Å². The lowest BCUT2D eigenvalue weighted by molar-refractivity contribution is -0.0108. The zero-order valence-electron chi connectivity index (χ0n) is 14.7. The molecule has 0 fully saturated rings. The Morgan fingerprint density at radius 1 is 1.13 bits per heavy atom. The molecular weight excluding hydrogens is 292 g/mol. The predicted molar refractivity (Wildman–Crippen MR) is 92.4 cm³/mol. The highest BCUT2D eigenvalue weighted by molar-refractivity contribution is 6.01. The van der Waals surface area contributed by atoms with Crippen molar-refractivity contribution < 1.29 is 20.1 Å².